The van der Waals surface area contributed by atoms with Gasteiger partial charge in [-0.3, -0.25) is 14.4 Å². The first-order valence-corrected chi connectivity index (χ1v) is 16.4. The van der Waals surface area contributed by atoms with Gasteiger partial charge >= 0.3 is 6.03 Å². The summed E-state index contributed by atoms with van der Waals surface area (Å²) in [5.41, 5.74) is 8.02. The summed E-state index contributed by atoms with van der Waals surface area (Å²) in [7, 11) is 1.61. The number of aliphatic hydroxyl groups excluding tert-OH is 1. The predicted octanol–water partition coefficient (Wildman–Crippen LogP) is 5.32. The molecule has 3 aromatic carbocycles. The number of carbonyl (C=O) groups excluding carboxylic acids is 4. The maximum absolute atomic E-state index is 13.8. The van der Waals surface area contributed by atoms with Crippen LogP contribution in [0.2, 0.25) is 0 Å². The fraction of sp³-hybridized carbons (Fsp3) is 0.389. The Hall–Kier alpha value is -5.17. The van der Waals surface area contributed by atoms with Gasteiger partial charge in [0, 0.05) is 43.7 Å². The highest BCUT2D eigenvalue weighted by Gasteiger charge is 2.34. The SMILES string of the molecule is C[C@@H]1CN([C@@H](C)CO)C(=O)c2cc(NC(=O)CCCCCC(=O)Nc3ccccc3N)ccc2O[C@@H]1CN(C)C(=O)Nc1ccc(F)cc1. The lowest BCUT2D eigenvalue weighted by Crippen LogP contribution is -2.50. The molecule has 6 N–H and O–H groups in total. The zero-order valence-corrected chi connectivity index (χ0v) is 28.1. The molecule has 12 nitrogen and oxygen atoms in total. The Labute approximate surface area is 285 Å². The van der Waals surface area contributed by atoms with Crippen molar-refractivity contribution in [3.8, 4) is 5.75 Å². The normalized spacial score (nSPS) is 16.3. The lowest BCUT2D eigenvalue weighted by atomic mass is 9.99. The number of rotatable bonds is 13. The summed E-state index contributed by atoms with van der Waals surface area (Å²) in [4.78, 5) is 54.7. The number of urea groups is 1. The van der Waals surface area contributed by atoms with Crippen LogP contribution in [0, 0.1) is 11.7 Å². The number of nitrogens with one attached hydrogen (secondary N) is 3. The zero-order valence-electron chi connectivity index (χ0n) is 28.1. The first kappa shape index (κ1) is 36.7. The number of halogens is 1. The van der Waals surface area contributed by atoms with E-state index in [1.165, 1.54) is 29.2 Å². The topological polar surface area (TPSA) is 166 Å². The molecule has 0 saturated carbocycles. The van der Waals surface area contributed by atoms with Gasteiger partial charge in [-0.25, -0.2) is 9.18 Å². The molecule has 4 rings (SSSR count). The fourth-order valence-corrected chi connectivity index (χ4v) is 5.42. The van der Waals surface area contributed by atoms with E-state index in [0.29, 0.717) is 48.4 Å². The standard InChI is InChI=1S/C36H45FN6O6/c1-23-20-43(24(2)22-44)35(47)28-19-27(39-33(45)11-5-4-6-12-34(46)41-30-10-8-7-9-29(30)38)17-18-31(28)49-32(23)21-42(3)36(48)40-26-15-13-25(37)14-16-26/h7-10,13-19,23-24,32,44H,4-6,11-12,20-22,38H2,1-3H3,(H,39,45)(H,40,48)(H,41,46)/t23-,24+,32-/m1/s1. The maximum atomic E-state index is 13.8. The van der Waals surface area contributed by atoms with Crippen molar-refractivity contribution in [2.75, 3.05) is 48.4 Å². The average molecular weight is 677 g/mol. The molecule has 1 heterocycles. The number of likely N-dealkylation sites (N-methyl/N-ethyl adjacent to an activating group) is 1. The van der Waals surface area contributed by atoms with E-state index in [9.17, 15) is 28.7 Å². The molecule has 0 bridgehead atoms. The van der Waals surface area contributed by atoms with Crippen molar-refractivity contribution in [2.24, 2.45) is 5.92 Å². The van der Waals surface area contributed by atoms with Crippen molar-refractivity contribution in [3.63, 3.8) is 0 Å². The lowest BCUT2D eigenvalue weighted by Gasteiger charge is -2.38. The number of hydrogen-bond donors (Lipinski definition) is 5. The minimum atomic E-state index is -0.531. The molecule has 3 aromatic rings. The van der Waals surface area contributed by atoms with Crippen molar-refractivity contribution < 1.29 is 33.4 Å². The second-order valence-corrected chi connectivity index (χ2v) is 12.4. The molecule has 0 fully saturated rings. The number of ether oxygens (including phenoxy) is 1. The van der Waals surface area contributed by atoms with Crippen molar-refractivity contribution in [1.82, 2.24) is 9.80 Å². The Morgan fingerprint density at radius 1 is 0.980 bits per heavy atom. The van der Waals surface area contributed by atoms with Gasteiger partial charge in [0.25, 0.3) is 5.91 Å². The smallest absolute Gasteiger partial charge is 0.321 e. The number of unbranched alkanes of at least 4 members (excludes halogenated alkanes) is 2. The second-order valence-electron chi connectivity index (χ2n) is 12.4. The van der Waals surface area contributed by atoms with Crippen molar-refractivity contribution in [1.29, 1.82) is 0 Å². The van der Waals surface area contributed by atoms with Crippen LogP contribution in [0.5, 0.6) is 5.75 Å². The third kappa shape index (κ3) is 10.4. The number of carbonyl (C=O) groups is 4. The monoisotopic (exact) mass is 676 g/mol. The molecule has 1 aliphatic rings. The first-order chi connectivity index (χ1) is 23.4. The molecule has 0 radical (unpaired) electrons. The molecule has 0 aromatic heterocycles. The van der Waals surface area contributed by atoms with Gasteiger partial charge in [0.05, 0.1) is 36.1 Å². The Kier molecular flexibility index (Phi) is 12.9. The fourth-order valence-electron chi connectivity index (χ4n) is 5.42. The quantitative estimate of drug-likeness (QED) is 0.121. The Morgan fingerprint density at radius 3 is 2.31 bits per heavy atom. The van der Waals surface area contributed by atoms with Crippen LogP contribution in [0.1, 0.15) is 56.3 Å². The summed E-state index contributed by atoms with van der Waals surface area (Å²) in [6.45, 7) is 3.83. The van der Waals surface area contributed by atoms with Crippen molar-refractivity contribution >= 4 is 46.5 Å². The number of aliphatic hydroxyl groups is 1. The predicted molar refractivity (Wildman–Crippen MR) is 187 cm³/mol. The molecule has 13 heteroatoms. The third-order valence-electron chi connectivity index (χ3n) is 8.39. The summed E-state index contributed by atoms with van der Waals surface area (Å²) in [6, 6.07) is 16.4. The number of nitrogens with zero attached hydrogens (tertiary/aromatic N) is 2. The Bertz CT molecular complexity index is 1620. The number of nitrogens with two attached hydrogens (primary N) is 1. The highest BCUT2D eigenvalue weighted by Crippen LogP contribution is 2.31. The molecule has 262 valence electrons. The van der Waals surface area contributed by atoms with Gasteiger partial charge in [-0.1, -0.05) is 25.5 Å². The van der Waals surface area contributed by atoms with E-state index in [4.69, 9.17) is 10.5 Å². The Morgan fingerprint density at radius 2 is 1.63 bits per heavy atom. The molecule has 1 aliphatic heterocycles. The molecule has 49 heavy (non-hydrogen) atoms. The number of fused-ring (bicyclic) bond motifs is 1. The number of hydrogen-bond acceptors (Lipinski definition) is 7. The molecule has 0 aliphatic carbocycles. The molecule has 0 saturated heterocycles. The third-order valence-corrected chi connectivity index (χ3v) is 8.39. The summed E-state index contributed by atoms with van der Waals surface area (Å²) >= 11 is 0. The van der Waals surface area contributed by atoms with Crippen LogP contribution in [0.3, 0.4) is 0 Å². The van der Waals surface area contributed by atoms with E-state index in [1.807, 2.05) is 6.92 Å². The summed E-state index contributed by atoms with van der Waals surface area (Å²) in [5, 5.41) is 18.3. The van der Waals surface area contributed by atoms with Gasteiger partial charge in [0.1, 0.15) is 17.7 Å². The average Bonchev–Trinajstić information content (AvgIpc) is 3.08. The lowest BCUT2D eigenvalue weighted by molar-refractivity contribution is -0.116. The van der Waals surface area contributed by atoms with E-state index in [1.54, 1.807) is 61.3 Å². The van der Waals surface area contributed by atoms with Gasteiger partial charge in [0.15, 0.2) is 0 Å². The first-order valence-electron chi connectivity index (χ1n) is 16.4. The molecule has 0 unspecified atom stereocenters. The van der Waals surface area contributed by atoms with Crippen LogP contribution in [0.15, 0.2) is 66.7 Å². The van der Waals surface area contributed by atoms with E-state index in [-0.39, 0.29) is 61.1 Å². The Balaban J connectivity index is 1.36. The number of nitrogen functional groups attached to an aromatic ring is 1. The van der Waals surface area contributed by atoms with Crippen LogP contribution in [0.4, 0.5) is 31.9 Å². The minimum absolute atomic E-state index is 0.142. The van der Waals surface area contributed by atoms with E-state index in [2.05, 4.69) is 16.0 Å². The van der Waals surface area contributed by atoms with Crippen LogP contribution >= 0.6 is 0 Å². The number of para-hydroxylation sites is 2. The number of anilines is 4. The summed E-state index contributed by atoms with van der Waals surface area (Å²) in [5.74, 6) is -1.08. The van der Waals surface area contributed by atoms with Gasteiger partial charge in [0.2, 0.25) is 11.8 Å². The second kappa shape index (κ2) is 17.3. The van der Waals surface area contributed by atoms with E-state index >= 15 is 0 Å². The van der Waals surface area contributed by atoms with Crippen molar-refractivity contribution in [2.45, 2.75) is 58.1 Å². The molecule has 0 spiro atoms. The molecule has 3 atom stereocenters. The highest BCUT2D eigenvalue weighted by molar-refractivity contribution is 6.00. The van der Waals surface area contributed by atoms with Gasteiger partial charge in [-0.15, -0.1) is 0 Å². The van der Waals surface area contributed by atoms with Gasteiger partial charge in [-0.05, 0) is 74.4 Å². The highest BCUT2D eigenvalue weighted by atomic mass is 19.1. The molecular formula is C36H45FN6O6. The maximum Gasteiger partial charge on any atom is 0.321 e. The summed E-state index contributed by atoms with van der Waals surface area (Å²) in [6.07, 6.45) is 1.86. The van der Waals surface area contributed by atoms with E-state index in [0.717, 1.165) is 0 Å². The van der Waals surface area contributed by atoms with Crippen LogP contribution < -0.4 is 26.4 Å². The summed E-state index contributed by atoms with van der Waals surface area (Å²) < 4.78 is 19.6. The van der Waals surface area contributed by atoms with Crippen LogP contribution in [-0.2, 0) is 9.59 Å². The van der Waals surface area contributed by atoms with Gasteiger partial charge in [-0.2, -0.15) is 0 Å². The molecule has 5 amide bonds. The van der Waals surface area contributed by atoms with Gasteiger partial charge < -0.3 is 41.3 Å². The minimum Gasteiger partial charge on any atom is -0.487 e. The zero-order chi connectivity index (χ0) is 35.5. The van der Waals surface area contributed by atoms with Crippen LogP contribution in [0.25, 0.3) is 0 Å². The van der Waals surface area contributed by atoms with Crippen molar-refractivity contribution in [3.05, 3.63) is 78.1 Å². The van der Waals surface area contributed by atoms with E-state index < -0.39 is 24.0 Å². The molecular weight excluding hydrogens is 631 g/mol. The van der Waals surface area contributed by atoms with Crippen LogP contribution in [-0.4, -0.2) is 77.5 Å². The largest absolute Gasteiger partial charge is 0.487 e. The number of benzene rings is 3. The number of amides is 5.